The van der Waals surface area contributed by atoms with Crippen molar-refractivity contribution in [3.05, 3.63) is 47.9 Å². The molecule has 0 saturated heterocycles. The summed E-state index contributed by atoms with van der Waals surface area (Å²) in [7, 11) is 9.87. The van der Waals surface area contributed by atoms with Crippen LogP contribution in [0.4, 0.5) is 5.82 Å². The number of aryl methyl sites for hydroxylation is 1. The van der Waals surface area contributed by atoms with Crippen LogP contribution in [-0.4, -0.2) is 48.6 Å². The average Bonchev–Trinajstić information content (AvgIpc) is 2.93. The van der Waals surface area contributed by atoms with Gasteiger partial charge in [-0.05, 0) is 23.8 Å². The molecule has 0 spiro atoms. The Balaban J connectivity index is 0.00000288. The van der Waals surface area contributed by atoms with Gasteiger partial charge in [-0.15, -0.1) is 24.0 Å². The number of rotatable bonds is 5. The number of hydrogen-bond acceptors (Lipinski definition) is 3. The van der Waals surface area contributed by atoms with E-state index in [1.165, 1.54) is 5.69 Å². The Morgan fingerprint density at radius 1 is 1.25 bits per heavy atom. The van der Waals surface area contributed by atoms with E-state index >= 15 is 0 Å². The van der Waals surface area contributed by atoms with Gasteiger partial charge in [-0.1, -0.05) is 6.07 Å². The maximum absolute atomic E-state index is 4.43. The number of aromatic nitrogens is 2. The molecule has 24 heavy (non-hydrogen) atoms. The number of nitrogens with one attached hydrogen (secondary N) is 1. The van der Waals surface area contributed by atoms with Gasteiger partial charge in [-0.2, -0.15) is 0 Å². The van der Waals surface area contributed by atoms with Crippen LogP contribution in [0.1, 0.15) is 11.3 Å². The second kappa shape index (κ2) is 9.51. The fourth-order valence-electron chi connectivity index (χ4n) is 2.33. The lowest BCUT2D eigenvalue weighted by Crippen LogP contribution is -2.38. The van der Waals surface area contributed by atoms with Crippen molar-refractivity contribution in [2.24, 2.45) is 12.0 Å². The molecule has 0 aliphatic carbocycles. The average molecular weight is 442 g/mol. The molecular formula is C17H27IN6. The van der Waals surface area contributed by atoms with Gasteiger partial charge in [0, 0.05) is 59.9 Å². The lowest BCUT2D eigenvalue weighted by Gasteiger charge is -2.22. The van der Waals surface area contributed by atoms with E-state index in [0.717, 1.165) is 23.9 Å². The van der Waals surface area contributed by atoms with Crippen LogP contribution in [0.3, 0.4) is 0 Å². The first-order valence-electron chi connectivity index (χ1n) is 7.65. The molecule has 2 rings (SSSR count). The predicted molar refractivity (Wildman–Crippen MR) is 111 cm³/mol. The third kappa shape index (κ3) is 5.40. The third-order valence-corrected chi connectivity index (χ3v) is 3.74. The van der Waals surface area contributed by atoms with Gasteiger partial charge >= 0.3 is 0 Å². The molecular weight excluding hydrogens is 415 g/mol. The van der Waals surface area contributed by atoms with Crippen LogP contribution in [0.25, 0.3) is 0 Å². The van der Waals surface area contributed by atoms with E-state index in [1.54, 1.807) is 7.05 Å². The molecule has 0 aliphatic rings. The SMILES string of the molecule is CN=C(NCc1ccc(N(C)C)nc1)N(C)Cc1cccn1C.I. The molecule has 0 saturated carbocycles. The second-order valence-electron chi connectivity index (χ2n) is 5.79. The molecule has 7 heteroatoms. The lowest BCUT2D eigenvalue weighted by atomic mass is 10.3. The number of anilines is 1. The molecule has 0 bridgehead atoms. The normalized spacial score (nSPS) is 11.0. The van der Waals surface area contributed by atoms with E-state index in [4.69, 9.17) is 0 Å². The summed E-state index contributed by atoms with van der Waals surface area (Å²) in [6.07, 6.45) is 3.95. The van der Waals surface area contributed by atoms with E-state index in [1.807, 2.05) is 38.3 Å². The Morgan fingerprint density at radius 3 is 2.50 bits per heavy atom. The van der Waals surface area contributed by atoms with Crippen molar-refractivity contribution in [3.8, 4) is 0 Å². The fraction of sp³-hybridized carbons (Fsp3) is 0.412. The van der Waals surface area contributed by atoms with Crippen LogP contribution in [0.15, 0.2) is 41.7 Å². The molecule has 0 aromatic carbocycles. The molecule has 2 heterocycles. The first kappa shape index (κ1) is 20.3. The molecule has 6 nitrogen and oxygen atoms in total. The minimum atomic E-state index is 0. The van der Waals surface area contributed by atoms with Crippen LogP contribution in [0.5, 0.6) is 0 Å². The van der Waals surface area contributed by atoms with Crippen LogP contribution in [-0.2, 0) is 20.1 Å². The molecule has 0 amide bonds. The smallest absolute Gasteiger partial charge is 0.194 e. The summed E-state index contributed by atoms with van der Waals surface area (Å²) in [5.74, 6) is 1.82. The number of halogens is 1. The quantitative estimate of drug-likeness (QED) is 0.439. The number of guanidine groups is 1. The Bertz CT molecular complexity index is 647. The number of pyridine rings is 1. The van der Waals surface area contributed by atoms with Crippen molar-refractivity contribution in [2.45, 2.75) is 13.1 Å². The van der Waals surface area contributed by atoms with Gasteiger partial charge in [0.1, 0.15) is 5.82 Å². The van der Waals surface area contributed by atoms with Gasteiger partial charge in [-0.3, -0.25) is 4.99 Å². The van der Waals surface area contributed by atoms with Crippen LogP contribution in [0.2, 0.25) is 0 Å². The zero-order valence-electron chi connectivity index (χ0n) is 15.0. The van der Waals surface area contributed by atoms with Gasteiger partial charge in [0.15, 0.2) is 5.96 Å². The van der Waals surface area contributed by atoms with Crippen molar-refractivity contribution >= 4 is 35.8 Å². The minimum absolute atomic E-state index is 0. The topological polar surface area (TPSA) is 48.7 Å². The maximum Gasteiger partial charge on any atom is 0.194 e. The van der Waals surface area contributed by atoms with Gasteiger partial charge in [-0.25, -0.2) is 4.98 Å². The molecule has 0 aliphatic heterocycles. The molecule has 0 unspecified atom stereocenters. The highest BCUT2D eigenvalue weighted by Gasteiger charge is 2.08. The van der Waals surface area contributed by atoms with Crippen LogP contribution < -0.4 is 10.2 Å². The molecule has 0 atom stereocenters. The van der Waals surface area contributed by atoms with Crippen LogP contribution >= 0.6 is 24.0 Å². The Labute approximate surface area is 161 Å². The summed E-state index contributed by atoms with van der Waals surface area (Å²) in [5.41, 5.74) is 2.37. The summed E-state index contributed by atoms with van der Waals surface area (Å²) in [5, 5.41) is 3.38. The second-order valence-corrected chi connectivity index (χ2v) is 5.79. The van der Waals surface area contributed by atoms with E-state index in [-0.39, 0.29) is 24.0 Å². The Kier molecular flexibility index (Phi) is 8.03. The lowest BCUT2D eigenvalue weighted by molar-refractivity contribution is 0.461. The summed E-state index contributed by atoms with van der Waals surface area (Å²) in [6, 6.07) is 8.28. The number of hydrogen-bond donors (Lipinski definition) is 1. The molecule has 2 aromatic heterocycles. The largest absolute Gasteiger partial charge is 0.363 e. The Morgan fingerprint density at radius 2 is 2.00 bits per heavy atom. The van der Waals surface area contributed by atoms with Gasteiger partial charge < -0.3 is 19.7 Å². The highest BCUT2D eigenvalue weighted by molar-refractivity contribution is 14.0. The predicted octanol–water partition coefficient (Wildman–Crippen LogP) is 2.31. The summed E-state index contributed by atoms with van der Waals surface area (Å²) in [4.78, 5) is 12.9. The van der Waals surface area contributed by atoms with Crippen LogP contribution in [0, 0.1) is 0 Å². The molecule has 0 radical (unpaired) electrons. The van der Waals surface area contributed by atoms with Gasteiger partial charge in [0.25, 0.3) is 0 Å². The third-order valence-electron chi connectivity index (χ3n) is 3.74. The van der Waals surface area contributed by atoms with Crippen molar-refractivity contribution in [1.29, 1.82) is 0 Å². The van der Waals surface area contributed by atoms with Crippen molar-refractivity contribution < 1.29 is 0 Å². The standard InChI is InChI=1S/C17H26N6.HI/c1-18-17(23(5)13-15-7-6-10-22(15)4)20-12-14-8-9-16(19-11-14)21(2)3;/h6-11H,12-13H2,1-5H3,(H,18,20);1H. The van der Waals surface area contributed by atoms with Gasteiger partial charge in [0.2, 0.25) is 0 Å². The van der Waals surface area contributed by atoms with Crippen molar-refractivity contribution in [2.75, 3.05) is 33.1 Å². The fourth-order valence-corrected chi connectivity index (χ4v) is 2.33. The summed E-state index contributed by atoms with van der Waals surface area (Å²) in [6.45, 7) is 1.51. The zero-order valence-corrected chi connectivity index (χ0v) is 17.4. The van der Waals surface area contributed by atoms with E-state index < -0.39 is 0 Å². The number of aliphatic imine (C=N–C) groups is 1. The molecule has 132 valence electrons. The zero-order chi connectivity index (χ0) is 16.8. The summed E-state index contributed by atoms with van der Waals surface area (Å²) >= 11 is 0. The van der Waals surface area contributed by atoms with Gasteiger partial charge in [0.05, 0.1) is 6.54 Å². The van der Waals surface area contributed by atoms with Crippen molar-refractivity contribution in [1.82, 2.24) is 19.8 Å². The monoisotopic (exact) mass is 442 g/mol. The highest BCUT2D eigenvalue weighted by atomic mass is 127. The molecule has 1 N–H and O–H groups in total. The number of nitrogens with zero attached hydrogens (tertiary/aromatic N) is 5. The molecule has 0 fully saturated rings. The highest BCUT2D eigenvalue weighted by Crippen LogP contribution is 2.08. The van der Waals surface area contributed by atoms with E-state index in [2.05, 4.69) is 56.2 Å². The van der Waals surface area contributed by atoms with E-state index in [9.17, 15) is 0 Å². The van der Waals surface area contributed by atoms with Crippen molar-refractivity contribution in [3.63, 3.8) is 0 Å². The first-order chi connectivity index (χ1) is 11.0. The Hall–Kier alpha value is -1.77. The first-order valence-corrected chi connectivity index (χ1v) is 7.65. The molecule has 2 aromatic rings. The van der Waals surface area contributed by atoms with E-state index in [0.29, 0.717) is 6.54 Å². The maximum atomic E-state index is 4.43. The summed E-state index contributed by atoms with van der Waals surface area (Å²) < 4.78 is 2.12. The minimum Gasteiger partial charge on any atom is -0.363 e.